The van der Waals surface area contributed by atoms with E-state index in [9.17, 15) is 9.59 Å². The Hall–Kier alpha value is -3.98. The molecule has 34 heavy (non-hydrogen) atoms. The van der Waals surface area contributed by atoms with E-state index in [-0.39, 0.29) is 18.3 Å². The fourth-order valence-corrected chi connectivity index (χ4v) is 3.54. The second-order valence-corrected chi connectivity index (χ2v) is 7.72. The van der Waals surface area contributed by atoms with E-state index in [4.69, 9.17) is 14.2 Å². The molecule has 0 radical (unpaired) electrons. The van der Waals surface area contributed by atoms with Crippen LogP contribution in [-0.2, 0) is 9.53 Å². The molecule has 4 rings (SSSR count). The summed E-state index contributed by atoms with van der Waals surface area (Å²) in [7, 11) is 1.48. The van der Waals surface area contributed by atoms with E-state index in [1.807, 2.05) is 30.3 Å². The monoisotopic (exact) mass is 462 g/mol. The maximum atomic E-state index is 12.5. The van der Waals surface area contributed by atoms with Crippen molar-refractivity contribution in [2.45, 2.75) is 6.92 Å². The average molecular weight is 463 g/mol. The van der Waals surface area contributed by atoms with Crippen LogP contribution in [0.2, 0.25) is 0 Å². The lowest BCUT2D eigenvalue weighted by Gasteiger charge is -2.27. The maximum absolute atomic E-state index is 12.5. The molecular weight excluding hydrogens is 436 g/mol. The SMILES string of the molecule is COc1cc(C(C)=O)ccc1OCC(=O)Nc1cccc(-c2ccc(N3CCOCC3)nn2)c1. The van der Waals surface area contributed by atoms with Gasteiger partial charge in [-0.3, -0.25) is 9.59 Å². The van der Waals surface area contributed by atoms with Gasteiger partial charge < -0.3 is 24.4 Å². The summed E-state index contributed by atoms with van der Waals surface area (Å²) < 4.78 is 16.2. The van der Waals surface area contributed by atoms with Crippen LogP contribution in [0.3, 0.4) is 0 Å². The number of aromatic nitrogens is 2. The molecule has 2 aromatic carbocycles. The Morgan fingerprint density at radius 3 is 2.56 bits per heavy atom. The number of ketones is 1. The van der Waals surface area contributed by atoms with Gasteiger partial charge in [0.05, 0.1) is 26.0 Å². The van der Waals surface area contributed by atoms with E-state index in [1.54, 1.807) is 24.3 Å². The minimum Gasteiger partial charge on any atom is -0.493 e. The molecule has 0 bridgehead atoms. The molecule has 0 unspecified atom stereocenters. The number of hydrogen-bond donors (Lipinski definition) is 1. The number of carbonyl (C=O) groups excluding carboxylic acids is 2. The highest BCUT2D eigenvalue weighted by atomic mass is 16.5. The third-order valence-corrected chi connectivity index (χ3v) is 5.36. The number of carbonyl (C=O) groups is 2. The molecule has 9 nitrogen and oxygen atoms in total. The van der Waals surface area contributed by atoms with Crippen LogP contribution in [-0.4, -0.2) is 61.9 Å². The lowest BCUT2D eigenvalue weighted by atomic mass is 10.1. The van der Waals surface area contributed by atoms with Gasteiger partial charge in [0.25, 0.3) is 5.91 Å². The van der Waals surface area contributed by atoms with Crippen molar-refractivity contribution >= 4 is 23.2 Å². The lowest BCUT2D eigenvalue weighted by Crippen LogP contribution is -2.36. The first kappa shape index (κ1) is 23.2. The Kier molecular flexibility index (Phi) is 7.34. The summed E-state index contributed by atoms with van der Waals surface area (Å²) in [6.07, 6.45) is 0. The molecule has 1 aliphatic rings. The van der Waals surface area contributed by atoms with E-state index in [1.165, 1.54) is 14.0 Å². The number of benzene rings is 2. The molecule has 1 saturated heterocycles. The molecule has 3 aromatic rings. The van der Waals surface area contributed by atoms with Gasteiger partial charge in [0.2, 0.25) is 0 Å². The van der Waals surface area contributed by atoms with Gasteiger partial charge in [-0.2, -0.15) is 0 Å². The van der Waals surface area contributed by atoms with E-state index >= 15 is 0 Å². The van der Waals surface area contributed by atoms with Crippen molar-refractivity contribution in [1.82, 2.24) is 10.2 Å². The van der Waals surface area contributed by atoms with Crippen LogP contribution in [0.5, 0.6) is 11.5 Å². The Labute approximate surface area is 197 Å². The summed E-state index contributed by atoms with van der Waals surface area (Å²) in [5.74, 6) is 1.18. The standard InChI is InChI=1S/C25H26N4O5/c1-17(30)18-6-8-22(23(15-18)32-2)34-16-25(31)26-20-5-3-4-19(14-20)21-7-9-24(28-27-21)29-10-12-33-13-11-29/h3-9,14-15H,10-13,16H2,1-2H3,(H,26,31). The van der Waals surface area contributed by atoms with Gasteiger partial charge in [0, 0.05) is 29.9 Å². The van der Waals surface area contributed by atoms with Gasteiger partial charge in [0.1, 0.15) is 0 Å². The average Bonchev–Trinajstić information content (AvgIpc) is 2.88. The highest BCUT2D eigenvalue weighted by molar-refractivity contribution is 5.95. The van der Waals surface area contributed by atoms with Crippen LogP contribution in [0.1, 0.15) is 17.3 Å². The number of ether oxygens (including phenoxy) is 3. The molecule has 176 valence electrons. The molecular formula is C25H26N4O5. The topological polar surface area (TPSA) is 103 Å². The van der Waals surface area contributed by atoms with E-state index < -0.39 is 0 Å². The summed E-state index contributed by atoms with van der Waals surface area (Å²) in [6.45, 7) is 4.22. The Bertz CT molecular complexity index is 1160. The molecule has 1 aliphatic heterocycles. The molecule has 0 atom stereocenters. The number of morpholine rings is 1. The van der Waals surface area contributed by atoms with Crippen molar-refractivity contribution < 1.29 is 23.8 Å². The zero-order valence-electron chi connectivity index (χ0n) is 19.1. The molecule has 1 N–H and O–H groups in total. The van der Waals surface area contributed by atoms with Gasteiger partial charge in [-0.15, -0.1) is 10.2 Å². The van der Waals surface area contributed by atoms with Crippen LogP contribution in [0.25, 0.3) is 11.3 Å². The number of Topliss-reactive ketones (excluding diaryl/α,β-unsaturated/α-hetero) is 1. The number of nitrogens with one attached hydrogen (secondary N) is 1. The molecule has 1 fully saturated rings. The first-order valence-corrected chi connectivity index (χ1v) is 10.9. The van der Waals surface area contributed by atoms with Gasteiger partial charge in [-0.05, 0) is 49.4 Å². The van der Waals surface area contributed by atoms with Crippen LogP contribution in [0.4, 0.5) is 11.5 Å². The van der Waals surface area contributed by atoms with Gasteiger partial charge in [0.15, 0.2) is 29.7 Å². The summed E-state index contributed by atoms with van der Waals surface area (Å²) in [6, 6.07) is 16.1. The molecule has 0 aliphatic carbocycles. The Morgan fingerprint density at radius 2 is 1.85 bits per heavy atom. The predicted molar refractivity (Wildman–Crippen MR) is 128 cm³/mol. The second kappa shape index (κ2) is 10.8. The third-order valence-electron chi connectivity index (χ3n) is 5.36. The summed E-state index contributed by atoms with van der Waals surface area (Å²) in [5.41, 5.74) is 2.66. The van der Waals surface area contributed by atoms with Crippen LogP contribution >= 0.6 is 0 Å². The quantitative estimate of drug-likeness (QED) is 0.509. The molecule has 2 heterocycles. The molecule has 9 heteroatoms. The van der Waals surface area contributed by atoms with Crippen molar-refractivity contribution in [2.75, 3.05) is 50.2 Å². The van der Waals surface area contributed by atoms with Crippen molar-refractivity contribution in [2.24, 2.45) is 0 Å². The van der Waals surface area contributed by atoms with Crippen LogP contribution < -0.4 is 19.7 Å². The summed E-state index contributed by atoms with van der Waals surface area (Å²) >= 11 is 0. The predicted octanol–water partition coefficient (Wildman–Crippen LogP) is 3.21. The van der Waals surface area contributed by atoms with Crippen molar-refractivity contribution in [3.8, 4) is 22.8 Å². The van der Waals surface area contributed by atoms with E-state index in [0.717, 1.165) is 24.5 Å². The zero-order chi connectivity index (χ0) is 23.9. The first-order chi connectivity index (χ1) is 16.5. The summed E-state index contributed by atoms with van der Waals surface area (Å²) in [5, 5.41) is 11.5. The smallest absolute Gasteiger partial charge is 0.262 e. The number of methoxy groups -OCH3 is 1. The molecule has 1 aromatic heterocycles. The highest BCUT2D eigenvalue weighted by Gasteiger charge is 2.14. The van der Waals surface area contributed by atoms with Gasteiger partial charge in [-0.25, -0.2) is 0 Å². The van der Waals surface area contributed by atoms with Gasteiger partial charge in [-0.1, -0.05) is 12.1 Å². The Balaban J connectivity index is 1.37. The van der Waals surface area contributed by atoms with Crippen LogP contribution in [0, 0.1) is 0 Å². The fraction of sp³-hybridized carbons (Fsp3) is 0.280. The maximum Gasteiger partial charge on any atom is 0.262 e. The largest absolute Gasteiger partial charge is 0.493 e. The second-order valence-electron chi connectivity index (χ2n) is 7.72. The van der Waals surface area contributed by atoms with E-state index in [2.05, 4.69) is 20.4 Å². The zero-order valence-corrected chi connectivity index (χ0v) is 19.1. The highest BCUT2D eigenvalue weighted by Crippen LogP contribution is 2.28. The van der Waals surface area contributed by atoms with Gasteiger partial charge >= 0.3 is 0 Å². The van der Waals surface area contributed by atoms with Crippen LogP contribution in [0.15, 0.2) is 54.6 Å². The number of rotatable bonds is 8. The minimum absolute atomic E-state index is 0.0806. The number of hydrogen-bond acceptors (Lipinski definition) is 8. The number of amides is 1. The molecule has 0 saturated carbocycles. The molecule has 1 amide bonds. The van der Waals surface area contributed by atoms with Crippen molar-refractivity contribution in [3.63, 3.8) is 0 Å². The molecule has 0 spiro atoms. The summed E-state index contributed by atoms with van der Waals surface area (Å²) in [4.78, 5) is 26.1. The fourth-order valence-electron chi connectivity index (χ4n) is 3.54. The van der Waals surface area contributed by atoms with Crippen molar-refractivity contribution in [1.29, 1.82) is 0 Å². The minimum atomic E-state index is -0.330. The van der Waals surface area contributed by atoms with E-state index in [0.29, 0.717) is 41.7 Å². The van der Waals surface area contributed by atoms with Crippen molar-refractivity contribution in [3.05, 3.63) is 60.2 Å². The Morgan fingerprint density at radius 1 is 1.03 bits per heavy atom. The third kappa shape index (κ3) is 5.68. The lowest BCUT2D eigenvalue weighted by molar-refractivity contribution is -0.118. The first-order valence-electron chi connectivity index (χ1n) is 10.9. The number of anilines is 2. The normalized spacial score (nSPS) is 13.3. The number of nitrogens with zero attached hydrogens (tertiary/aromatic N) is 3.